The van der Waals surface area contributed by atoms with E-state index in [4.69, 9.17) is 4.74 Å². The maximum absolute atomic E-state index is 5.16. The monoisotopic (exact) mass is 277 g/mol. The quantitative estimate of drug-likeness (QED) is 0.878. The average molecular weight is 277 g/mol. The van der Waals surface area contributed by atoms with Crippen LogP contribution in [-0.2, 0) is 0 Å². The summed E-state index contributed by atoms with van der Waals surface area (Å²) in [6, 6.07) is 8.26. The molecular weight excluding hydrogens is 258 g/mol. The zero-order chi connectivity index (χ0) is 13.7. The fourth-order valence-corrected chi connectivity index (χ4v) is 2.46. The first-order chi connectivity index (χ1) is 9.19. The van der Waals surface area contributed by atoms with Gasteiger partial charge in [0.15, 0.2) is 0 Å². The maximum atomic E-state index is 5.16. The lowest BCUT2D eigenvalue weighted by Crippen LogP contribution is -2.05. The molecule has 102 valence electrons. The summed E-state index contributed by atoms with van der Waals surface area (Å²) in [5.74, 6) is 2.24. The van der Waals surface area contributed by atoms with Crippen LogP contribution in [0, 0.1) is 6.92 Å². The lowest BCUT2D eigenvalue weighted by atomic mass is 9.98. The summed E-state index contributed by atoms with van der Waals surface area (Å²) in [7, 11) is 1.69. The molecule has 2 aromatic rings. The number of ether oxygens (including phenoxy) is 1. The van der Waals surface area contributed by atoms with Gasteiger partial charge in [0.05, 0.1) is 7.11 Å². The minimum Gasteiger partial charge on any atom is -0.497 e. The van der Waals surface area contributed by atoms with Crippen LogP contribution in [-0.4, -0.2) is 23.0 Å². The molecule has 1 heterocycles. The third-order valence-corrected chi connectivity index (χ3v) is 3.83. The van der Waals surface area contributed by atoms with Crippen molar-refractivity contribution in [2.24, 2.45) is 0 Å². The summed E-state index contributed by atoms with van der Waals surface area (Å²) >= 11 is 1.41. The van der Waals surface area contributed by atoms with Gasteiger partial charge >= 0.3 is 0 Å². The molecule has 2 rings (SSSR count). The molecule has 0 radical (unpaired) electrons. The van der Waals surface area contributed by atoms with Gasteiger partial charge in [-0.15, -0.1) is 0 Å². The molecular formula is C14H19N3OS. The van der Waals surface area contributed by atoms with E-state index in [2.05, 4.69) is 33.7 Å². The minimum absolute atomic E-state index is 0.507. The fraction of sp³-hybridized carbons (Fsp3) is 0.429. The molecule has 5 heteroatoms. The third kappa shape index (κ3) is 3.92. The molecule has 1 aromatic heterocycles. The molecule has 4 nitrogen and oxygen atoms in total. The van der Waals surface area contributed by atoms with Crippen LogP contribution in [0.3, 0.4) is 0 Å². The molecule has 1 N–H and O–H groups in total. The van der Waals surface area contributed by atoms with Crippen molar-refractivity contribution in [2.45, 2.75) is 26.2 Å². The highest BCUT2D eigenvalue weighted by Gasteiger charge is 2.06. The summed E-state index contributed by atoms with van der Waals surface area (Å²) in [6.07, 6.45) is 1.06. The van der Waals surface area contributed by atoms with Gasteiger partial charge in [0, 0.05) is 18.1 Å². The van der Waals surface area contributed by atoms with Gasteiger partial charge in [-0.05, 0) is 37.0 Å². The van der Waals surface area contributed by atoms with Crippen molar-refractivity contribution >= 4 is 16.7 Å². The van der Waals surface area contributed by atoms with E-state index < -0.39 is 0 Å². The summed E-state index contributed by atoms with van der Waals surface area (Å²) in [5.41, 5.74) is 1.33. The predicted octanol–water partition coefficient (Wildman–Crippen LogP) is 3.46. The van der Waals surface area contributed by atoms with Gasteiger partial charge in [-0.3, -0.25) is 0 Å². The van der Waals surface area contributed by atoms with Crippen molar-refractivity contribution in [3.05, 3.63) is 35.7 Å². The van der Waals surface area contributed by atoms with Crippen molar-refractivity contribution in [1.29, 1.82) is 0 Å². The predicted molar refractivity (Wildman–Crippen MR) is 79.2 cm³/mol. The molecule has 0 aliphatic carbocycles. The van der Waals surface area contributed by atoms with E-state index in [1.807, 2.05) is 19.1 Å². The fourth-order valence-electron chi connectivity index (χ4n) is 1.86. The highest BCUT2D eigenvalue weighted by atomic mass is 32.1. The molecule has 1 aromatic carbocycles. The molecule has 0 amide bonds. The van der Waals surface area contributed by atoms with Crippen LogP contribution in [0.2, 0.25) is 0 Å². The second kappa shape index (κ2) is 6.52. The Kier molecular flexibility index (Phi) is 4.74. The Morgan fingerprint density at radius 3 is 2.63 bits per heavy atom. The maximum Gasteiger partial charge on any atom is 0.202 e. The lowest BCUT2D eigenvalue weighted by Gasteiger charge is -2.12. The first-order valence-corrected chi connectivity index (χ1v) is 7.14. The van der Waals surface area contributed by atoms with Gasteiger partial charge < -0.3 is 10.1 Å². The van der Waals surface area contributed by atoms with Crippen molar-refractivity contribution in [3.63, 3.8) is 0 Å². The second-order valence-electron chi connectivity index (χ2n) is 4.54. The summed E-state index contributed by atoms with van der Waals surface area (Å²) in [6.45, 7) is 5.04. The topological polar surface area (TPSA) is 47.0 Å². The number of hydrogen-bond acceptors (Lipinski definition) is 5. The van der Waals surface area contributed by atoms with Crippen LogP contribution in [0.1, 0.15) is 30.7 Å². The summed E-state index contributed by atoms with van der Waals surface area (Å²) in [4.78, 5) is 4.28. The van der Waals surface area contributed by atoms with E-state index in [1.165, 1.54) is 17.1 Å². The van der Waals surface area contributed by atoms with Crippen molar-refractivity contribution in [2.75, 3.05) is 19.0 Å². The largest absolute Gasteiger partial charge is 0.497 e. The highest BCUT2D eigenvalue weighted by Crippen LogP contribution is 2.22. The molecule has 1 atom stereocenters. The molecule has 0 aliphatic heterocycles. The van der Waals surface area contributed by atoms with Gasteiger partial charge in [0.25, 0.3) is 0 Å². The number of aromatic nitrogens is 2. The number of rotatable bonds is 6. The first kappa shape index (κ1) is 13.8. The van der Waals surface area contributed by atoms with Crippen molar-refractivity contribution in [3.8, 4) is 5.75 Å². The normalized spacial score (nSPS) is 12.2. The number of benzene rings is 1. The number of methoxy groups -OCH3 is 1. The Labute approximate surface area is 118 Å². The van der Waals surface area contributed by atoms with Crippen LogP contribution < -0.4 is 10.1 Å². The van der Waals surface area contributed by atoms with Gasteiger partial charge in [0.2, 0.25) is 5.13 Å². The van der Waals surface area contributed by atoms with Gasteiger partial charge in [-0.1, -0.05) is 19.1 Å². The number of nitrogens with zero attached hydrogens (tertiary/aromatic N) is 2. The van der Waals surface area contributed by atoms with E-state index in [-0.39, 0.29) is 0 Å². The van der Waals surface area contributed by atoms with Crippen LogP contribution in [0.4, 0.5) is 5.13 Å². The molecule has 0 saturated heterocycles. The number of anilines is 1. The summed E-state index contributed by atoms with van der Waals surface area (Å²) < 4.78 is 9.31. The van der Waals surface area contributed by atoms with Crippen LogP contribution in [0.5, 0.6) is 5.75 Å². The van der Waals surface area contributed by atoms with E-state index in [1.54, 1.807) is 7.11 Å². The Bertz CT molecular complexity index is 510. The SMILES string of the molecule is COc1ccc(C(C)CCNc2nc(C)ns2)cc1. The van der Waals surface area contributed by atoms with Gasteiger partial charge in [-0.25, -0.2) is 4.98 Å². The highest BCUT2D eigenvalue weighted by molar-refractivity contribution is 7.09. The minimum atomic E-state index is 0.507. The van der Waals surface area contributed by atoms with Gasteiger partial charge in [0.1, 0.15) is 11.6 Å². The molecule has 0 bridgehead atoms. The zero-order valence-electron chi connectivity index (χ0n) is 11.5. The zero-order valence-corrected chi connectivity index (χ0v) is 12.3. The average Bonchev–Trinajstić information content (AvgIpc) is 2.84. The number of hydrogen-bond donors (Lipinski definition) is 1. The third-order valence-electron chi connectivity index (χ3n) is 3.07. The van der Waals surface area contributed by atoms with Crippen LogP contribution >= 0.6 is 11.5 Å². The molecule has 0 fully saturated rings. The van der Waals surface area contributed by atoms with Gasteiger partial charge in [-0.2, -0.15) is 4.37 Å². The molecule has 1 unspecified atom stereocenters. The molecule has 0 spiro atoms. The molecule has 0 aliphatic rings. The van der Waals surface area contributed by atoms with E-state index in [0.29, 0.717) is 5.92 Å². The lowest BCUT2D eigenvalue weighted by molar-refractivity contribution is 0.414. The van der Waals surface area contributed by atoms with Crippen LogP contribution in [0.15, 0.2) is 24.3 Å². The van der Waals surface area contributed by atoms with E-state index >= 15 is 0 Å². The standard InChI is InChI=1S/C14H19N3OS/c1-10(12-4-6-13(18-3)7-5-12)8-9-15-14-16-11(2)17-19-14/h4-7,10H,8-9H2,1-3H3,(H,15,16,17). The number of aryl methyl sites for hydroxylation is 1. The van der Waals surface area contributed by atoms with Crippen molar-refractivity contribution < 1.29 is 4.74 Å². The number of nitrogens with one attached hydrogen (secondary N) is 1. The Hall–Kier alpha value is -1.62. The molecule has 0 saturated carbocycles. The smallest absolute Gasteiger partial charge is 0.202 e. The Morgan fingerprint density at radius 2 is 2.05 bits per heavy atom. The Morgan fingerprint density at radius 1 is 1.32 bits per heavy atom. The first-order valence-electron chi connectivity index (χ1n) is 6.37. The van der Waals surface area contributed by atoms with E-state index in [0.717, 1.165) is 29.7 Å². The summed E-state index contributed by atoms with van der Waals surface area (Å²) in [5, 5.41) is 4.21. The van der Waals surface area contributed by atoms with Crippen molar-refractivity contribution in [1.82, 2.24) is 9.36 Å². The van der Waals surface area contributed by atoms with Crippen LogP contribution in [0.25, 0.3) is 0 Å². The second-order valence-corrected chi connectivity index (χ2v) is 5.29. The van der Waals surface area contributed by atoms with E-state index in [9.17, 15) is 0 Å². The molecule has 19 heavy (non-hydrogen) atoms. The Balaban J connectivity index is 1.81.